The van der Waals surface area contributed by atoms with Crippen molar-refractivity contribution in [1.29, 1.82) is 0 Å². The third-order valence-electron chi connectivity index (χ3n) is 1.14. The summed E-state index contributed by atoms with van der Waals surface area (Å²) in [6.07, 6.45) is 1.96. The summed E-state index contributed by atoms with van der Waals surface area (Å²) in [5, 5.41) is 0.730. The second-order valence-electron chi connectivity index (χ2n) is 1.93. The molecule has 0 aliphatic carbocycles. The number of rotatable bonds is 2. The summed E-state index contributed by atoms with van der Waals surface area (Å²) < 4.78 is 4.06. The van der Waals surface area contributed by atoms with Crippen molar-refractivity contribution in [2.75, 3.05) is 11.0 Å². The van der Waals surface area contributed by atoms with Crippen molar-refractivity contribution in [3.05, 3.63) is 27.7 Å². The Morgan fingerprint density at radius 2 is 2.27 bits per heavy atom. The molecule has 1 rings (SSSR count). The fourth-order valence-electron chi connectivity index (χ4n) is 0.682. The molecule has 0 amide bonds. The molecule has 1 N–H and O–H groups in total. The van der Waals surface area contributed by atoms with E-state index in [4.69, 9.17) is 11.6 Å². The van der Waals surface area contributed by atoms with E-state index in [0.717, 1.165) is 15.2 Å². The highest BCUT2D eigenvalue weighted by Crippen LogP contribution is 2.26. The summed E-state index contributed by atoms with van der Waals surface area (Å²) in [6.45, 7) is 0. The Morgan fingerprint density at radius 3 is 2.82 bits per heavy atom. The first kappa shape index (κ1) is 9.23. The van der Waals surface area contributed by atoms with E-state index in [1.165, 1.54) is 11.9 Å². The van der Waals surface area contributed by atoms with Crippen molar-refractivity contribution in [2.45, 2.75) is 0 Å². The summed E-state index contributed by atoms with van der Waals surface area (Å²) in [5.74, 6) is 0. The summed E-state index contributed by atoms with van der Waals surface area (Å²) in [5.41, 5.74) is 0.947. The van der Waals surface area contributed by atoms with E-state index in [1.54, 1.807) is 0 Å². The molecule has 0 bridgehead atoms. The second-order valence-corrected chi connectivity index (χ2v) is 3.87. The minimum atomic E-state index is 0.730. The molecule has 1 nitrogen and oxygen atoms in total. The van der Waals surface area contributed by atoms with Crippen LogP contribution in [0.2, 0.25) is 5.02 Å². The first-order chi connectivity index (χ1) is 5.24. The van der Waals surface area contributed by atoms with Crippen LogP contribution in [0.4, 0.5) is 5.69 Å². The van der Waals surface area contributed by atoms with Gasteiger partial charge in [-0.25, -0.2) is 0 Å². The lowest BCUT2D eigenvalue weighted by Crippen LogP contribution is -1.84. The van der Waals surface area contributed by atoms with Crippen LogP contribution in [0.15, 0.2) is 22.7 Å². The number of hydrogen-bond acceptors (Lipinski definition) is 2. The minimum Gasteiger partial charge on any atom is -0.329 e. The standard InChI is InChI=1S/C7H7BrClNS/c1-11-10-7-3-2-5(8)4-6(7)9/h2-4,10H,1H3. The SMILES string of the molecule is CSNc1ccc(Br)cc1Cl. The highest BCUT2D eigenvalue weighted by Gasteiger charge is 1.97. The molecule has 0 atom stereocenters. The third kappa shape index (κ3) is 2.58. The van der Waals surface area contributed by atoms with Crippen LogP contribution in [0.25, 0.3) is 0 Å². The van der Waals surface area contributed by atoms with Gasteiger partial charge < -0.3 is 4.72 Å². The maximum Gasteiger partial charge on any atom is 0.0657 e. The average Bonchev–Trinajstić information content (AvgIpc) is 1.95. The maximum atomic E-state index is 5.90. The number of nitrogens with one attached hydrogen (secondary N) is 1. The summed E-state index contributed by atoms with van der Waals surface area (Å²) >= 11 is 10.8. The van der Waals surface area contributed by atoms with Gasteiger partial charge >= 0.3 is 0 Å². The quantitative estimate of drug-likeness (QED) is 0.804. The number of hydrogen-bond donors (Lipinski definition) is 1. The minimum absolute atomic E-state index is 0.730. The van der Waals surface area contributed by atoms with Gasteiger partial charge in [0.1, 0.15) is 0 Å². The highest BCUT2D eigenvalue weighted by atomic mass is 79.9. The van der Waals surface area contributed by atoms with Gasteiger partial charge in [-0.2, -0.15) is 0 Å². The molecule has 0 radical (unpaired) electrons. The molecular formula is C7H7BrClNS. The Labute approximate surface area is 83.8 Å². The van der Waals surface area contributed by atoms with Gasteiger partial charge in [0.15, 0.2) is 0 Å². The van der Waals surface area contributed by atoms with E-state index in [2.05, 4.69) is 20.7 Å². The van der Waals surface area contributed by atoms with Gasteiger partial charge in [-0.15, -0.1) is 0 Å². The Bertz CT molecular complexity index is 254. The largest absolute Gasteiger partial charge is 0.329 e. The van der Waals surface area contributed by atoms with E-state index < -0.39 is 0 Å². The van der Waals surface area contributed by atoms with Crippen LogP contribution in [0.3, 0.4) is 0 Å². The Kier molecular flexibility index (Phi) is 3.55. The van der Waals surface area contributed by atoms with Crippen LogP contribution >= 0.6 is 39.5 Å². The van der Waals surface area contributed by atoms with Crippen LogP contribution < -0.4 is 4.72 Å². The number of anilines is 1. The molecule has 0 aliphatic heterocycles. The molecule has 0 heterocycles. The van der Waals surface area contributed by atoms with Crippen molar-refractivity contribution in [3.8, 4) is 0 Å². The molecule has 1 aromatic rings. The molecule has 0 saturated carbocycles. The number of benzene rings is 1. The molecule has 0 aliphatic rings. The fraction of sp³-hybridized carbons (Fsp3) is 0.143. The van der Waals surface area contributed by atoms with Crippen molar-refractivity contribution >= 4 is 45.2 Å². The lowest BCUT2D eigenvalue weighted by molar-refractivity contribution is 1.63. The molecule has 0 aromatic heterocycles. The molecule has 60 valence electrons. The molecule has 0 saturated heterocycles. The molecular weight excluding hydrogens is 246 g/mol. The van der Waals surface area contributed by atoms with E-state index in [-0.39, 0.29) is 0 Å². The Balaban J connectivity index is 2.90. The molecule has 11 heavy (non-hydrogen) atoms. The van der Waals surface area contributed by atoms with Crippen LogP contribution in [0, 0.1) is 0 Å². The zero-order valence-electron chi connectivity index (χ0n) is 5.90. The van der Waals surface area contributed by atoms with Gasteiger partial charge in [0.05, 0.1) is 10.7 Å². The van der Waals surface area contributed by atoms with Gasteiger partial charge in [0, 0.05) is 10.7 Å². The maximum absolute atomic E-state index is 5.90. The van der Waals surface area contributed by atoms with Gasteiger partial charge in [-0.3, -0.25) is 0 Å². The molecule has 0 unspecified atom stereocenters. The predicted octanol–water partition coefficient (Wildman–Crippen LogP) is 3.79. The summed E-state index contributed by atoms with van der Waals surface area (Å²) in [4.78, 5) is 0. The van der Waals surface area contributed by atoms with Crippen molar-refractivity contribution in [1.82, 2.24) is 0 Å². The molecule has 0 fully saturated rings. The molecule has 0 spiro atoms. The van der Waals surface area contributed by atoms with Gasteiger partial charge in [-0.1, -0.05) is 39.5 Å². The number of halogens is 2. The zero-order valence-corrected chi connectivity index (χ0v) is 9.05. The van der Waals surface area contributed by atoms with Gasteiger partial charge in [0.2, 0.25) is 0 Å². The van der Waals surface area contributed by atoms with E-state index in [1.807, 2.05) is 24.5 Å². The van der Waals surface area contributed by atoms with Crippen LogP contribution in [0.1, 0.15) is 0 Å². The van der Waals surface area contributed by atoms with Gasteiger partial charge in [-0.05, 0) is 18.2 Å². The summed E-state index contributed by atoms with van der Waals surface area (Å²) in [7, 11) is 0. The Morgan fingerprint density at radius 1 is 1.55 bits per heavy atom. The van der Waals surface area contributed by atoms with E-state index in [9.17, 15) is 0 Å². The van der Waals surface area contributed by atoms with Gasteiger partial charge in [0.25, 0.3) is 0 Å². The smallest absolute Gasteiger partial charge is 0.0657 e. The van der Waals surface area contributed by atoms with E-state index in [0.29, 0.717) is 0 Å². The fourth-order valence-corrected chi connectivity index (χ4v) is 1.86. The lowest BCUT2D eigenvalue weighted by atomic mass is 10.3. The molecule has 1 aromatic carbocycles. The third-order valence-corrected chi connectivity index (χ3v) is 2.37. The zero-order chi connectivity index (χ0) is 8.27. The summed E-state index contributed by atoms with van der Waals surface area (Å²) in [6, 6.07) is 5.74. The van der Waals surface area contributed by atoms with Crippen LogP contribution in [0.5, 0.6) is 0 Å². The highest BCUT2D eigenvalue weighted by molar-refractivity contribution is 9.10. The van der Waals surface area contributed by atoms with E-state index >= 15 is 0 Å². The van der Waals surface area contributed by atoms with Crippen LogP contribution in [-0.4, -0.2) is 6.26 Å². The Hall–Kier alpha value is 0.140. The lowest BCUT2D eigenvalue weighted by Gasteiger charge is -2.03. The average molecular weight is 253 g/mol. The molecule has 4 heteroatoms. The second kappa shape index (κ2) is 4.24. The van der Waals surface area contributed by atoms with Crippen molar-refractivity contribution < 1.29 is 0 Å². The topological polar surface area (TPSA) is 12.0 Å². The first-order valence-electron chi connectivity index (χ1n) is 2.98. The first-order valence-corrected chi connectivity index (χ1v) is 5.37. The normalized spacial score (nSPS) is 9.73. The van der Waals surface area contributed by atoms with Crippen LogP contribution in [-0.2, 0) is 0 Å². The van der Waals surface area contributed by atoms with Crippen molar-refractivity contribution in [3.63, 3.8) is 0 Å². The predicted molar refractivity (Wildman–Crippen MR) is 56.3 cm³/mol. The monoisotopic (exact) mass is 251 g/mol. The van der Waals surface area contributed by atoms with Crippen molar-refractivity contribution in [2.24, 2.45) is 0 Å².